The quantitative estimate of drug-likeness (QED) is 0.505. The Hall–Kier alpha value is -3.94. The molecule has 8 heteroatoms. The maximum Gasteiger partial charge on any atom is 0.302 e. The van der Waals surface area contributed by atoms with Crippen LogP contribution in [0.3, 0.4) is 0 Å². The summed E-state index contributed by atoms with van der Waals surface area (Å²) in [6.45, 7) is 1.34. The summed E-state index contributed by atoms with van der Waals surface area (Å²) in [5.74, 6) is 0.969. The maximum absolute atomic E-state index is 13.1. The lowest BCUT2D eigenvalue weighted by molar-refractivity contribution is 0.0861. The third kappa shape index (κ3) is 4.22. The normalized spacial score (nSPS) is 11.8. The number of H-pyrrole nitrogens is 1. The number of pyridine rings is 1. The molecule has 2 heterocycles. The van der Waals surface area contributed by atoms with E-state index >= 15 is 0 Å². The van der Waals surface area contributed by atoms with Crippen LogP contribution in [0, 0.1) is 0 Å². The second kappa shape index (κ2) is 8.20. The van der Waals surface area contributed by atoms with E-state index in [0.29, 0.717) is 22.4 Å². The highest BCUT2D eigenvalue weighted by Crippen LogP contribution is 2.29. The molecule has 30 heavy (non-hydrogen) atoms. The predicted octanol–water partition coefficient (Wildman–Crippen LogP) is 4.57. The molecular weight excluding hydrogens is 387 g/mol. The standard InChI is InChI=1S/C22H19FN4O3/c1-14(23)29-18-5-3-4-16(12-18)27(2)15-6-8-17(9-7-15)30-22-25-20-13-24-11-10-19(20)21(28)26-22/h3-14H,1-2H3,(H,25,26,28). The van der Waals surface area contributed by atoms with Gasteiger partial charge in [0.15, 0.2) is 0 Å². The van der Waals surface area contributed by atoms with Crippen LogP contribution in [0.1, 0.15) is 6.92 Å². The summed E-state index contributed by atoms with van der Waals surface area (Å²) in [4.78, 5) is 24.9. The third-order valence-electron chi connectivity index (χ3n) is 4.43. The molecule has 0 saturated carbocycles. The number of hydrogen-bond acceptors (Lipinski definition) is 6. The minimum Gasteiger partial charge on any atom is -0.461 e. The van der Waals surface area contributed by atoms with E-state index in [1.54, 1.807) is 36.4 Å². The highest BCUT2D eigenvalue weighted by atomic mass is 19.1. The molecule has 0 bridgehead atoms. The van der Waals surface area contributed by atoms with Gasteiger partial charge in [-0.3, -0.25) is 14.8 Å². The van der Waals surface area contributed by atoms with Crippen LogP contribution in [0.5, 0.6) is 17.5 Å². The molecule has 1 atom stereocenters. The molecule has 0 radical (unpaired) electrons. The van der Waals surface area contributed by atoms with Crippen LogP contribution in [0.25, 0.3) is 10.9 Å². The van der Waals surface area contributed by atoms with Crippen LogP contribution < -0.4 is 19.9 Å². The van der Waals surface area contributed by atoms with Gasteiger partial charge in [0.05, 0.1) is 17.1 Å². The molecular formula is C22H19FN4O3. The van der Waals surface area contributed by atoms with Crippen molar-refractivity contribution >= 4 is 22.3 Å². The molecule has 4 aromatic rings. The molecule has 152 valence electrons. The molecule has 1 unspecified atom stereocenters. The fourth-order valence-electron chi connectivity index (χ4n) is 2.97. The van der Waals surface area contributed by atoms with Crippen molar-refractivity contribution in [3.8, 4) is 17.5 Å². The number of aromatic nitrogens is 3. The minimum absolute atomic E-state index is 0.0896. The lowest BCUT2D eigenvalue weighted by Gasteiger charge is -2.20. The van der Waals surface area contributed by atoms with Gasteiger partial charge in [-0.15, -0.1) is 0 Å². The molecule has 0 aliphatic heterocycles. The number of anilines is 2. The number of rotatable bonds is 6. The maximum atomic E-state index is 13.1. The Balaban J connectivity index is 1.52. The summed E-state index contributed by atoms with van der Waals surface area (Å²) in [6, 6.07) is 16.1. The van der Waals surface area contributed by atoms with E-state index in [-0.39, 0.29) is 11.6 Å². The Morgan fingerprint density at radius 3 is 2.63 bits per heavy atom. The summed E-state index contributed by atoms with van der Waals surface area (Å²) in [5.41, 5.74) is 1.89. The van der Waals surface area contributed by atoms with Gasteiger partial charge < -0.3 is 14.4 Å². The first-order valence-corrected chi connectivity index (χ1v) is 9.26. The van der Waals surface area contributed by atoms with Crippen molar-refractivity contribution in [1.29, 1.82) is 0 Å². The van der Waals surface area contributed by atoms with Crippen LogP contribution in [-0.2, 0) is 0 Å². The molecule has 0 spiro atoms. The van der Waals surface area contributed by atoms with Crippen molar-refractivity contribution < 1.29 is 13.9 Å². The zero-order valence-corrected chi connectivity index (χ0v) is 16.4. The average molecular weight is 406 g/mol. The summed E-state index contributed by atoms with van der Waals surface area (Å²) in [6.07, 6.45) is 1.67. The molecule has 2 aromatic heterocycles. The molecule has 0 aliphatic carbocycles. The smallest absolute Gasteiger partial charge is 0.302 e. The zero-order chi connectivity index (χ0) is 21.1. The third-order valence-corrected chi connectivity index (χ3v) is 4.43. The van der Waals surface area contributed by atoms with Gasteiger partial charge in [0.2, 0.25) is 6.36 Å². The number of hydrogen-bond donors (Lipinski definition) is 1. The number of halogens is 1. The lowest BCUT2D eigenvalue weighted by Crippen LogP contribution is -2.10. The fourth-order valence-corrected chi connectivity index (χ4v) is 2.97. The van der Waals surface area contributed by atoms with E-state index in [1.807, 2.05) is 30.1 Å². The van der Waals surface area contributed by atoms with Gasteiger partial charge in [0.1, 0.15) is 11.5 Å². The van der Waals surface area contributed by atoms with Gasteiger partial charge in [-0.1, -0.05) is 6.07 Å². The Kier molecular flexibility index (Phi) is 5.30. The van der Waals surface area contributed by atoms with E-state index in [9.17, 15) is 9.18 Å². The molecule has 0 amide bonds. The Bertz CT molecular complexity index is 1220. The highest BCUT2D eigenvalue weighted by Gasteiger charge is 2.09. The van der Waals surface area contributed by atoms with E-state index in [1.165, 1.54) is 19.3 Å². The molecule has 2 aromatic carbocycles. The highest BCUT2D eigenvalue weighted by molar-refractivity contribution is 5.76. The van der Waals surface area contributed by atoms with E-state index in [2.05, 4.69) is 15.0 Å². The number of ether oxygens (including phenoxy) is 2. The van der Waals surface area contributed by atoms with Crippen LogP contribution in [0.15, 0.2) is 71.8 Å². The minimum atomic E-state index is -1.38. The van der Waals surface area contributed by atoms with Crippen molar-refractivity contribution in [2.75, 3.05) is 11.9 Å². The zero-order valence-electron chi connectivity index (χ0n) is 16.4. The first-order chi connectivity index (χ1) is 14.5. The Labute approximate surface area is 171 Å². The summed E-state index contributed by atoms with van der Waals surface area (Å²) in [5, 5.41) is 0.447. The number of aromatic amines is 1. The Morgan fingerprint density at radius 1 is 1.07 bits per heavy atom. The first kappa shape index (κ1) is 19.4. The fraction of sp³-hybridized carbons (Fsp3) is 0.136. The monoisotopic (exact) mass is 406 g/mol. The average Bonchev–Trinajstić information content (AvgIpc) is 2.73. The summed E-state index contributed by atoms with van der Waals surface area (Å²) >= 11 is 0. The summed E-state index contributed by atoms with van der Waals surface area (Å²) in [7, 11) is 1.89. The first-order valence-electron chi connectivity index (χ1n) is 9.26. The van der Waals surface area contributed by atoms with Gasteiger partial charge in [0.25, 0.3) is 5.56 Å². The summed E-state index contributed by atoms with van der Waals surface area (Å²) < 4.78 is 23.9. The van der Waals surface area contributed by atoms with Crippen LogP contribution in [0.2, 0.25) is 0 Å². The second-order valence-electron chi connectivity index (χ2n) is 6.58. The van der Waals surface area contributed by atoms with Crippen LogP contribution in [0.4, 0.5) is 15.8 Å². The Morgan fingerprint density at radius 2 is 1.87 bits per heavy atom. The number of benzene rings is 2. The second-order valence-corrected chi connectivity index (χ2v) is 6.58. The molecule has 0 aliphatic rings. The lowest BCUT2D eigenvalue weighted by atomic mass is 10.2. The van der Waals surface area contributed by atoms with E-state index in [4.69, 9.17) is 9.47 Å². The SMILES string of the molecule is CC(F)Oc1cccc(N(C)c2ccc(Oc3nc4cnccc4c(=O)[nH]3)cc2)c1. The molecule has 7 nitrogen and oxygen atoms in total. The molecule has 0 fully saturated rings. The van der Waals surface area contributed by atoms with Gasteiger partial charge in [-0.25, -0.2) is 4.39 Å². The van der Waals surface area contributed by atoms with E-state index < -0.39 is 6.36 Å². The molecule has 0 saturated heterocycles. The van der Waals surface area contributed by atoms with Gasteiger partial charge in [-0.2, -0.15) is 4.98 Å². The van der Waals surface area contributed by atoms with Gasteiger partial charge in [0, 0.05) is 37.6 Å². The molecule has 1 N–H and O–H groups in total. The van der Waals surface area contributed by atoms with Crippen molar-refractivity contribution in [1.82, 2.24) is 15.0 Å². The van der Waals surface area contributed by atoms with Crippen LogP contribution >= 0.6 is 0 Å². The van der Waals surface area contributed by atoms with E-state index in [0.717, 1.165) is 11.4 Å². The van der Waals surface area contributed by atoms with Crippen molar-refractivity contribution in [3.05, 3.63) is 77.3 Å². The van der Waals surface area contributed by atoms with Gasteiger partial charge in [-0.05, 0) is 42.5 Å². The molecule has 4 rings (SSSR count). The number of fused-ring (bicyclic) bond motifs is 1. The predicted molar refractivity (Wildman–Crippen MR) is 112 cm³/mol. The number of nitrogens with one attached hydrogen (secondary N) is 1. The van der Waals surface area contributed by atoms with Crippen molar-refractivity contribution in [2.45, 2.75) is 13.3 Å². The largest absolute Gasteiger partial charge is 0.461 e. The van der Waals surface area contributed by atoms with Crippen LogP contribution in [-0.4, -0.2) is 28.4 Å². The van der Waals surface area contributed by atoms with Crippen molar-refractivity contribution in [3.63, 3.8) is 0 Å². The number of alkyl halides is 1. The topological polar surface area (TPSA) is 80.3 Å². The number of nitrogens with zero attached hydrogens (tertiary/aromatic N) is 3. The van der Waals surface area contributed by atoms with Gasteiger partial charge >= 0.3 is 6.01 Å². The van der Waals surface area contributed by atoms with Crippen molar-refractivity contribution in [2.24, 2.45) is 0 Å².